The lowest BCUT2D eigenvalue weighted by Crippen LogP contribution is -2.50. The van der Waals surface area contributed by atoms with Gasteiger partial charge in [-0.25, -0.2) is 33.7 Å². The molecule has 0 aliphatic carbocycles. The van der Waals surface area contributed by atoms with E-state index in [0.717, 1.165) is 66.2 Å². The van der Waals surface area contributed by atoms with Crippen LogP contribution in [0.1, 0.15) is 11.1 Å². The van der Waals surface area contributed by atoms with Crippen molar-refractivity contribution in [2.45, 2.75) is 64.4 Å². The van der Waals surface area contributed by atoms with Gasteiger partial charge in [0.1, 0.15) is 5.75 Å². The third-order valence-electron chi connectivity index (χ3n) is 7.93. The second-order valence-corrected chi connectivity index (χ2v) is 21.1. The summed E-state index contributed by atoms with van der Waals surface area (Å²) in [4.78, 5) is -4.61. The Morgan fingerprint density at radius 2 is 0.655 bits per heavy atom. The Labute approximate surface area is 313 Å². The van der Waals surface area contributed by atoms with Crippen LogP contribution in [0.3, 0.4) is 0 Å². The molecule has 0 spiro atoms. The quantitative estimate of drug-likeness (QED) is 0.112. The Morgan fingerprint density at radius 1 is 0.418 bits per heavy atom. The van der Waals surface area contributed by atoms with Gasteiger partial charge in [0.2, 0.25) is 39.3 Å². The van der Waals surface area contributed by atoms with Crippen LogP contribution in [0.2, 0.25) is 0 Å². The lowest BCUT2D eigenvalue weighted by molar-refractivity contribution is -0.274. The predicted molar refractivity (Wildman–Crippen MR) is 186 cm³/mol. The number of alkyl halides is 4. The molecule has 21 heteroatoms. The molecule has 0 fully saturated rings. The Balaban J connectivity index is 1.54. The summed E-state index contributed by atoms with van der Waals surface area (Å²) in [5.74, 6) is -1.58. The molecule has 0 radical (unpaired) electrons. The van der Waals surface area contributed by atoms with E-state index in [0.29, 0.717) is 11.6 Å². The number of benzene rings is 5. The summed E-state index contributed by atoms with van der Waals surface area (Å²) in [6.07, 6.45) is -6.08. The summed E-state index contributed by atoms with van der Waals surface area (Å²) < 4.78 is 199. The average Bonchev–Trinajstić information content (AvgIpc) is 3.11. The molecule has 55 heavy (non-hydrogen) atoms. The topological polar surface area (TPSA) is 200 Å². The van der Waals surface area contributed by atoms with Crippen LogP contribution in [-0.4, -0.2) is 58.0 Å². The van der Waals surface area contributed by atoms with Crippen molar-refractivity contribution in [1.29, 1.82) is 0 Å². The van der Waals surface area contributed by atoms with Crippen molar-refractivity contribution in [3.05, 3.63) is 126 Å². The first-order chi connectivity index (χ1) is 25.2. The fourth-order valence-corrected chi connectivity index (χ4v) is 10.4. The Bertz CT molecular complexity index is 2850. The number of rotatable bonds is 12. The van der Waals surface area contributed by atoms with Crippen molar-refractivity contribution in [2.24, 2.45) is 0 Å². The minimum absolute atomic E-state index is 0.0350. The molecule has 5 aromatic rings. The van der Waals surface area contributed by atoms with Gasteiger partial charge in [0, 0.05) is 0 Å². The molecule has 1 N–H and O–H groups in total. The maximum absolute atomic E-state index is 14.5. The molecule has 0 aromatic heterocycles. The highest BCUT2D eigenvalue weighted by Crippen LogP contribution is 2.41. The van der Waals surface area contributed by atoms with E-state index in [2.05, 4.69) is 4.74 Å². The molecule has 0 heterocycles. The van der Waals surface area contributed by atoms with Crippen molar-refractivity contribution in [3.8, 4) is 5.75 Å². The molecule has 0 saturated carbocycles. The second-order valence-electron chi connectivity index (χ2n) is 11.8. The van der Waals surface area contributed by atoms with Crippen LogP contribution in [0.15, 0.2) is 154 Å². The maximum atomic E-state index is 14.5. The first kappa shape index (κ1) is 41.5. The van der Waals surface area contributed by atoms with Crippen LogP contribution in [-0.2, 0) is 49.5 Å². The van der Waals surface area contributed by atoms with Gasteiger partial charge in [-0.05, 0) is 105 Å². The van der Waals surface area contributed by atoms with Gasteiger partial charge >= 0.3 is 21.5 Å². The smallest absolute Gasteiger partial charge is 0.427 e. The van der Waals surface area contributed by atoms with Crippen molar-refractivity contribution in [3.63, 3.8) is 0 Å². The van der Waals surface area contributed by atoms with Crippen molar-refractivity contribution in [1.82, 2.24) is 0 Å². The number of hydrogen-bond donors (Lipinski definition) is 1. The third-order valence-corrected chi connectivity index (χ3v) is 15.9. The van der Waals surface area contributed by atoms with Crippen LogP contribution < -0.4 is 4.74 Å². The van der Waals surface area contributed by atoms with Crippen LogP contribution in [0.25, 0.3) is 0 Å². The molecular weight excluding hydrogens is 837 g/mol. The van der Waals surface area contributed by atoms with Crippen LogP contribution in [0.5, 0.6) is 5.75 Å². The van der Waals surface area contributed by atoms with E-state index in [1.54, 1.807) is 26.0 Å². The fourth-order valence-electron chi connectivity index (χ4n) is 4.85. The first-order valence-electron chi connectivity index (χ1n) is 15.1. The largest absolute Gasteiger partial charge is 0.483 e. The van der Waals surface area contributed by atoms with E-state index < -0.39 is 91.1 Å². The normalized spacial score (nSPS) is 13.4. The van der Waals surface area contributed by atoms with E-state index in [9.17, 15) is 59.7 Å². The van der Waals surface area contributed by atoms with Gasteiger partial charge in [-0.1, -0.05) is 35.4 Å². The molecular formula is C34H26F4O12S5. The van der Waals surface area contributed by atoms with E-state index in [1.807, 2.05) is 0 Å². The molecule has 0 saturated heterocycles. The molecule has 0 unspecified atom stereocenters. The fraction of sp³-hybridized carbons (Fsp3) is 0.118. The summed E-state index contributed by atoms with van der Waals surface area (Å²) in [6.45, 7) is 3.36. The summed E-state index contributed by atoms with van der Waals surface area (Å²) >= 11 is 0. The zero-order chi connectivity index (χ0) is 41.0. The minimum atomic E-state index is -6.83. The Kier molecular flexibility index (Phi) is 10.7. The predicted octanol–water partition coefficient (Wildman–Crippen LogP) is 6.09. The summed E-state index contributed by atoms with van der Waals surface area (Å²) in [7, 11) is -25.1. The molecule has 0 bridgehead atoms. The molecule has 0 aliphatic rings. The number of hydrogen-bond acceptors (Lipinski definition) is 11. The highest BCUT2D eigenvalue weighted by molar-refractivity contribution is 7.93. The Morgan fingerprint density at radius 3 is 0.909 bits per heavy atom. The van der Waals surface area contributed by atoms with Gasteiger partial charge in [0.25, 0.3) is 0 Å². The number of halogens is 4. The van der Waals surface area contributed by atoms with Crippen molar-refractivity contribution >= 4 is 49.5 Å². The SMILES string of the molecule is Cc1ccc(S(=O)(=O)c2ccc(S(=O)(=O)c3ccc(S(=O)(=O)c4cc(OC(F)(F)C(F)(F)S(=O)(=O)O)cc(S(=O)(=O)c5ccc(C)cc5)c4)cc3)cc2)cc1. The van der Waals surface area contributed by atoms with Gasteiger partial charge in [-0.2, -0.15) is 26.0 Å². The molecule has 0 atom stereocenters. The maximum Gasteiger partial charge on any atom is 0.483 e. The number of aryl methyl sites for hydroxylation is 2. The van der Waals surface area contributed by atoms with Crippen LogP contribution >= 0.6 is 0 Å². The first-order valence-corrected chi connectivity index (χ1v) is 22.5. The zero-order valence-electron chi connectivity index (χ0n) is 28.0. The standard InChI is InChI=1S/C34H26F4O12S5/c1-22-3-7-25(8-4-22)51(39,40)27-11-13-28(14-12-27)52(41,42)29-15-17-30(18-16-29)54(45,46)32-20-24(50-33(35,36)34(37,38)55(47,48)49)19-31(21-32)53(43,44)26-9-5-23(2)6-10-26/h3-21H,1-2H3,(H,47,48,49). The molecule has 292 valence electrons. The van der Waals surface area contributed by atoms with Crippen molar-refractivity contribution in [2.75, 3.05) is 0 Å². The van der Waals surface area contributed by atoms with Crippen molar-refractivity contribution < 1.29 is 68.9 Å². The monoisotopic (exact) mass is 862 g/mol. The van der Waals surface area contributed by atoms with E-state index in [1.165, 1.54) is 24.3 Å². The molecule has 0 amide bonds. The number of sulfone groups is 4. The molecule has 5 rings (SSSR count). The third kappa shape index (κ3) is 7.89. The summed E-state index contributed by atoms with van der Waals surface area (Å²) in [5.41, 5.74) is 1.39. The highest BCUT2D eigenvalue weighted by atomic mass is 32.2. The van der Waals surface area contributed by atoms with Gasteiger partial charge in [-0.15, -0.1) is 0 Å². The molecule has 12 nitrogen and oxygen atoms in total. The summed E-state index contributed by atoms with van der Waals surface area (Å²) in [5, 5.41) is -6.29. The van der Waals surface area contributed by atoms with E-state index in [-0.39, 0.29) is 26.8 Å². The van der Waals surface area contributed by atoms with E-state index in [4.69, 9.17) is 4.55 Å². The summed E-state index contributed by atoms with van der Waals surface area (Å²) in [6, 6.07) is 19.0. The van der Waals surface area contributed by atoms with Crippen LogP contribution in [0.4, 0.5) is 17.6 Å². The van der Waals surface area contributed by atoms with Gasteiger partial charge in [-0.3, -0.25) is 4.55 Å². The Hall–Kier alpha value is -4.67. The number of ether oxygens (including phenoxy) is 1. The highest BCUT2D eigenvalue weighted by Gasteiger charge is 2.69. The molecule has 0 aliphatic heterocycles. The van der Waals surface area contributed by atoms with Crippen LogP contribution in [0, 0.1) is 13.8 Å². The van der Waals surface area contributed by atoms with E-state index >= 15 is 0 Å². The molecule has 5 aromatic carbocycles. The lowest BCUT2D eigenvalue weighted by atomic mass is 10.2. The van der Waals surface area contributed by atoms with Gasteiger partial charge < -0.3 is 4.74 Å². The lowest BCUT2D eigenvalue weighted by Gasteiger charge is -2.24. The minimum Gasteiger partial charge on any atom is -0.427 e. The van der Waals surface area contributed by atoms with Gasteiger partial charge in [0.15, 0.2) is 0 Å². The van der Waals surface area contributed by atoms with Gasteiger partial charge in [0.05, 0.1) is 39.2 Å². The average molecular weight is 863 g/mol. The second kappa shape index (κ2) is 14.1. The zero-order valence-corrected chi connectivity index (χ0v) is 32.0.